The third kappa shape index (κ3) is 2.77. The molecule has 0 saturated carbocycles. The molecule has 0 unspecified atom stereocenters. The SMILES string of the molecule is C[C@H]1C[NH+](CC[NH3+])C[C@H](C)O1. The summed E-state index contributed by atoms with van der Waals surface area (Å²) in [5.74, 6) is 0. The van der Waals surface area contributed by atoms with Crippen LogP contribution in [0.3, 0.4) is 0 Å². The Morgan fingerprint density at radius 3 is 2.36 bits per heavy atom. The van der Waals surface area contributed by atoms with Gasteiger partial charge in [0.25, 0.3) is 0 Å². The zero-order valence-electron chi connectivity index (χ0n) is 7.60. The molecule has 3 nitrogen and oxygen atoms in total. The lowest BCUT2D eigenvalue weighted by Gasteiger charge is -2.31. The Kier molecular flexibility index (Phi) is 3.30. The minimum absolute atomic E-state index is 0.431. The summed E-state index contributed by atoms with van der Waals surface area (Å²) < 4.78 is 5.62. The van der Waals surface area contributed by atoms with Gasteiger partial charge in [-0.25, -0.2) is 0 Å². The highest BCUT2D eigenvalue weighted by Crippen LogP contribution is 1.97. The highest BCUT2D eigenvalue weighted by Gasteiger charge is 2.24. The number of rotatable bonds is 2. The van der Waals surface area contributed by atoms with Crippen molar-refractivity contribution >= 4 is 0 Å². The van der Waals surface area contributed by atoms with Gasteiger partial charge in [0.1, 0.15) is 38.4 Å². The van der Waals surface area contributed by atoms with Gasteiger partial charge in [-0.15, -0.1) is 0 Å². The van der Waals surface area contributed by atoms with Crippen LogP contribution in [0.4, 0.5) is 0 Å². The summed E-state index contributed by atoms with van der Waals surface area (Å²) in [5.41, 5.74) is 3.87. The predicted octanol–water partition coefficient (Wildman–Crippen LogP) is -2.08. The second-order valence-corrected chi connectivity index (χ2v) is 3.52. The monoisotopic (exact) mass is 160 g/mol. The van der Waals surface area contributed by atoms with Crippen molar-refractivity contribution in [2.24, 2.45) is 0 Å². The van der Waals surface area contributed by atoms with E-state index in [9.17, 15) is 0 Å². The molecule has 0 aromatic rings. The van der Waals surface area contributed by atoms with Crippen LogP contribution in [0.1, 0.15) is 13.8 Å². The number of nitrogens with one attached hydrogen (secondary N) is 1. The third-order valence-electron chi connectivity index (χ3n) is 2.15. The Bertz CT molecular complexity index is 109. The van der Waals surface area contributed by atoms with Crippen molar-refractivity contribution in [3.05, 3.63) is 0 Å². The van der Waals surface area contributed by atoms with Crippen LogP contribution >= 0.6 is 0 Å². The van der Waals surface area contributed by atoms with E-state index in [4.69, 9.17) is 4.74 Å². The van der Waals surface area contributed by atoms with Gasteiger partial charge < -0.3 is 15.4 Å². The number of hydrogen-bond donors (Lipinski definition) is 2. The predicted molar refractivity (Wildman–Crippen MR) is 43.3 cm³/mol. The van der Waals surface area contributed by atoms with Crippen LogP contribution in [-0.4, -0.2) is 38.4 Å². The molecule has 0 radical (unpaired) electrons. The minimum Gasteiger partial charge on any atom is -0.364 e. The smallest absolute Gasteiger partial charge is 0.127 e. The molecule has 0 aromatic carbocycles. The van der Waals surface area contributed by atoms with E-state index in [0.29, 0.717) is 12.2 Å². The van der Waals surface area contributed by atoms with E-state index < -0.39 is 0 Å². The van der Waals surface area contributed by atoms with Gasteiger partial charge in [-0.3, -0.25) is 0 Å². The zero-order chi connectivity index (χ0) is 8.27. The average molecular weight is 160 g/mol. The molecule has 3 heteroatoms. The summed E-state index contributed by atoms with van der Waals surface area (Å²) in [7, 11) is 0. The lowest BCUT2D eigenvalue weighted by Crippen LogP contribution is -3.16. The first kappa shape index (κ1) is 8.97. The zero-order valence-corrected chi connectivity index (χ0v) is 7.60. The topological polar surface area (TPSA) is 41.3 Å². The van der Waals surface area contributed by atoms with E-state index >= 15 is 0 Å². The maximum absolute atomic E-state index is 5.62. The fraction of sp³-hybridized carbons (Fsp3) is 1.00. The highest BCUT2D eigenvalue weighted by molar-refractivity contribution is 4.58. The third-order valence-corrected chi connectivity index (χ3v) is 2.15. The summed E-state index contributed by atoms with van der Waals surface area (Å²) >= 11 is 0. The van der Waals surface area contributed by atoms with Gasteiger partial charge >= 0.3 is 0 Å². The van der Waals surface area contributed by atoms with E-state index in [1.165, 1.54) is 6.54 Å². The average Bonchev–Trinajstić information content (AvgIpc) is 1.85. The number of ether oxygens (including phenoxy) is 1. The van der Waals surface area contributed by atoms with Crippen molar-refractivity contribution in [3.63, 3.8) is 0 Å². The van der Waals surface area contributed by atoms with Crippen LogP contribution in [0.5, 0.6) is 0 Å². The Balaban J connectivity index is 2.30. The molecule has 1 heterocycles. The van der Waals surface area contributed by atoms with E-state index in [2.05, 4.69) is 19.6 Å². The standard InChI is InChI=1S/C8H18N2O/c1-7-5-10(4-3-9)6-8(2)11-7/h7-8H,3-6,9H2,1-2H3/p+2/t7-,8-/m0/s1. The van der Waals surface area contributed by atoms with Crippen LogP contribution in [0.15, 0.2) is 0 Å². The molecule has 1 aliphatic heterocycles. The van der Waals surface area contributed by atoms with Gasteiger partial charge in [0, 0.05) is 0 Å². The molecular formula is C8H20N2O+2. The van der Waals surface area contributed by atoms with Crippen molar-refractivity contribution < 1.29 is 15.4 Å². The van der Waals surface area contributed by atoms with E-state index in [1.54, 1.807) is 4.90 Å². The Morgan fingerprint density at radius 2 is 1.91 bits per heavy atom. The fourth-order valence-electron chi connectivity index (χ4n) is 1.84. The molecule has 1 aliphatic rings. The van der Waals surface area contributed by atoms with E-state index in [0.717, 1.165) is 19.6 Å². The summed E-state index contributed by atoms with van der Waals surface area (Å²) in [6.45, 7) is 8.84. The van der Waals surface area contributed by atoms with Crippen LogP contribution in [0.2, 0.25) is 0 Å². The van der Waals surface area contributed by atoms with Crippen molar-refractivity contribution in [3.8, 4) is 0 Å². The molecule has 11 heavy (non-hydrogen) atoms. The summed E-state index contributed by atoms with van der Waals surface area (Å²) in [6.07, 6.45) is 0.862. The first-order chi connectivity index (χ1) is 5.22. The molecule has 1 rings (SSSR count). The second kappa shape index (κ2) is 4.04. The molecule has 0 aromatic heterocycles. The second-order valence-electron chi connectivity index (χ2n) is 3.52. The molecule has 0 bridgehead atoms. The Hall–Kier alpha value is -0.120. The summed E-state index contributed by atoms with van der Waals surface area (Å²) in [4.78, 5) is 1.64. The fourth-order valence-corrected chi connectivity index (χ4v) is 1.84. The van der Waals surface area contributed by atoms with Gasteiger partial charge in [0.2, 0.25) is 0 Å². The van der Waals surface area contributed by atoms with Crippen LogP contribution < -0.4 is 10.6 Å². The van der Waals surface area contributed by atoms with E-state index in [1.807, 2.05) is 0 Å². The van der Waals surface area contributed by atoms with Crippen LogP contribution in [0.25, 0.3) is 0 Å². The van der Waals surface area contributed by atoms with Crippen molar-refractivity contribution in [2.45, 2.75) is 26.1 Å². The van der Waals surface area contributed by atoms with Crippen molar-refractivity contribution in [1.82, 2.24) is 0 Å². The summed E-state index contributed by atoms with van der Waals surface area (Å²) in [6, 6.07) is 0. The molecule has 1 fully saturated rings. The first-order valence-electron chi connectivity index (χ1n) is 4.50. The van der Waals surface area contributed by atoms with Crippen LogP contribution in [-0.2, 0) is 4.74 Å². The van der Waals surface area contributed by atoms with Gasteiger partial charge in [0.15, 0.2) is 0 Å². The quantitative estimate of drug-likeness (QED) is 0.478. The Labute approximate surface area is 68.5 Å². The molecule has 0 aliphatic carbocycles. The molecular weight excluding hydrogens is 140 g/mol. The molecule has 0 amide bonds. The maximum Gasteiger partial charge on any atom is 0.127 e. The van der Waals surface area contributed by atoms with Gasteiger partial charge in [-0.05, 0) is 13.8 Å². The number of quaternary nitrogens is 2. The Morgan fingerprint density at radius 1 is 1.36 bits per heavy atom. The minimum atomic E-state index is 0.431. The van der Waals surface area contributed by atoms with Gasteiger partial charge in [0.05, 0.1) is 0 Å². The van der Waals surface area contributed by atoms with Gasteiger partial charge in [-0.1, -0.05) is 0 Å². The van der Waals surface area contributed by atoms with Gasteiger partial charge in [-0.2, -0.15) is 0 Å². The molecule has 4 N–H and O–H groups in total. The van der Waals surface area contributed by atoms with Crippen molar-refractivity contribution in [1.29, 1.82) is 0 Å². The van der Waals surface area contributed by atoms with E-state index in [-0.39, 0.29) is 0 Å². The van der Waals surface area contributed by atoms with Crippen molar-refractivity contribution in [2.75, 3.05) is 26.2 Å². The maximum atomic E-state index is 5.62. The first-order valence-corrected chi connectivity index (χ1v) is 4.50. The summed E-state index contributed by atoms with van der Waals surface area (Å²) in [5, 5.41) is 0. The lowest BCUT2D eigenvalue weighted by atomic mass is 10.2. The number of morpholine rings is 1. The largest absolute Gasteiger partial charge is 0.364 e. The number of hydrogen-bond acceptors (Lipinski definition) is 1. The highest BCUT2D eigenvalue weighted by atomic mass is 16.5. The van der Waals surface area contributed by atoms with Crippen LogP contribution in [0, 0.1) is 0 Å². The molecule has 1 saturated heterocycles. The normalized spacial score (nSPS) is 39.0. The molecule has 66 valence electrons. The molecule has 2 atom stereocenters. The molecule has 0 spiro atoms. The lowest BCUT2D eigenvalue weighted by molar-refractivity contribution is -0.919.